The van der Waals surface area contributed by atoms with Crippen molar-refractivity contribution in [1.82, 2.24) is 30.4 Å². The quantitative estimate of drug-likeness (QED) is 0.523. The molecule has 0 aliphatic carbocycles. The number of benzene rings is 1. The van der Waals surface area contributed by atoms with Crippen molar-refractivity contribution in [3.05, 3.63) is 54.2 Å². The van der Waals surface area contributed by atoms with E-state index in [-0.39, 0.29) is 11.4 Å². The monoisotopic (exact) mass is 336 g/mol. The van der Waals surface area contributed by atoms with Crippen LogP contribution in [-0.2, 0) is 4.74 Å². The molecule has 2 heterocycles. The molecule has 10 nitrogen and oxygen atoms in total. The Labute approximate surface area is 141 Å². The zero-order valence-electron chi connectivity index (χ0n) is 13.0. The standard InChI is InChI=1S/C15H12N8O2/c1-25-15(24)10-3-4-13(23-6-2-5-18-23)12(7-10)17-9-11(8-16)14-19-21-22-20-14/h2-7,9,17H,1H3,(H,19,20,21,22). The number of nitrogens with zero attached hydrogens (tertiary/aromatic N) is 6. The minimum atomic E-state index is -0.474. The summed E-state index contributed by atoms with van der Waals surface area (Å²) in [7, 11) is 1.31. The summed E-state index contributed by atoms with van der Waals surface area (Å²) in [6.45, 7) is 0. The third-order valence-corrected chi connectivity index (χ3v) is 3.25. The molecule has 2 aromatic heterocycles. The number of H-pyrrole nitrogens is 1. The SMILES string of the molecule is COC(=O)c1ccc(-n2cccn2)c(NC=C(C#N)c2nn[nH]n2)c1. The third-order valence-electron chi connectivity index (χ3n) is 3.25. The minimum absolute atomic E-state index is 0.153. The summed E-state index contributed by atoms with van der Waals surface area (Å²) < 4.78 is 6.36. The van der Waals surface area contributed by atoms with Crippen molar-refractivity contribution < 1.29 is 9.53 Å². The molecule has 0 radical (unpaired) electrons. The largest absolute Gasteiger partial charge is 0.465 e. The first kappa shape index (κ1) is 15.9. The van der Waals surface area contributed by atoms with Gasteiger partial charge in [-0.05, 0) is 29.5 Å². The van der Waals surface area contributed by atoms with Gasteiger partial charge in [0.15, 0.2) is 0 Å². The maximum atomic E-state index is 11.8. The number of tetrazole rings is 1. The molecule has 0 aliphatic rings. The smallest absolute Gasteiger partial charge is 0.337 e. The van der Waals surface area contributed by atoms with Gasteiger partial charge in [-0.25, -0.2) is 9.48 Å². The highest BCUT2D eigenvalue weighted by molar-refractivity contribution is 5.91. The van der Waals surface area contributed by atoms with Gasteiger partial charge in [-0.2, -0.15) is 15.6 Å². The fourth-order valence-corrected chi connectivity index (χ4v) is 2.08. The van der Waals surface area contributed by atoms with Crippen molar-refractivity contribution in [2.75, 3.05) is 12.4 Å². The first-order valence-electron chi connectivity index (χ1n) is 7.06. The van der Waals surface area contributed by atoms with Gasteiger partial charge in [0, 0.05) is 18.6 Å². The van der Waals surface area contributed by atoms with Crippen LogP contribution in [0.3, 0.4) is 0 Å². The number of carbonyl (C=O) groups is 1. The molecule has 3 aromatic rings. The number of anilines is 1. The lowest BCUT2D eigenvalue weighted by molar-refractivity contribution is 0.0601. The number of hydrogen-bond donors (Lipinski definition) is 2. The second kappa shape index (κ2) is 7.05. The van der Waals surface area contributed by atoms with Gasteiger partial charge < -0.3 is 10.1 Å². The van der Waals surface area contributed by atoms with Gasteiger partial charge in [0.2, 0.25) is 5.82 Å². The van der Waals surface area contributed by atoms with Crippen molar-refractivity contribution in [2.24, 2.45) is 0 Å². The molecule has 0 amide bonds. The summed E-state index contributed by atoms with van der Waals surface area (Å²) in [5, 5.41) is 29.6. The zero-order valence-corrected chi connectivity index (χ0v) is 13.0. The van der Waals surface area contributed by atoms with Crippen molar-refractivity contribution in [1.29, 1.82) is 5.26 Å². The van der Waals surface area contributed by atoms with E-state index in [2.05, 4.69) is 31.0 Å². The van der Waals surface area contributed by atoms with E-state index in [4.69, 9.17) is 4.74 Å². The number of rotatable bonds is 5. The highest BCUT2D eigenvalue weighted by Gasteiger charge is 2.12. The highest BCUT2D eigenvalue weighted by atomic mass is 16.5. The van der Waals surface area contributed by atoms with Gasteiger partial charge in [-0.1, -0.05) is 0 Å². The Hall–Kier alpha value is -4.00. The van der Waals surface area contributed by atoms with E-state index in [0.29, 0.717) is 16.9 Å². The summed E-state index contributed by atoms with van der Waals surface area (Å²) in [6, 6.07) is 8.70. The van der Waals surface area contributed by atoms with Crippen LogP contribution in [0.25, 0.3) is 11.3 Å². The number of ether oxygens (including phenoxy) is 1. The molecule has 0 unspecified atom stereocenters. The average Bonchev–Trinajstić information content (AvgIpc) is 3.35. The number of aromatic nitrogens is 6. The van der Waals surface area contributed by atoms with Crippen LogP contribution in [0.5, 0.6) is 0 Å². The lowest BCUT2D eigenvalue weighted by Gasteiger charge is -2.11. The molecule has 0 spiro atoms. The molecule has 3 rings (SSSR count). The van der Waals surface area contributed by atoms with Crippen LogP contribution in [-0.4, -0.2) is 43.5 Å². The fourth-order valence-electron chi connectivity index (χ4n) is 2.08. The van der Waals surface area contributed by atoms with E-state index in [1.54, 1.807) is 41.3 Å². The van der Waals surface area contributed by atoms with Crippen LogP contribution in [0.4, 0.5) is 5.69 Å². The van der Waals surface area contributed by atoms with Crippen molar-refractivity contribution in [3.8, 4) is 11.8 Å². The van der Waals surface area contributed by atoms with E-state index in [0.717, 1.165) is 0 Å². The second-order valence-corrected chi connectivity index (χ2v) is 4.72. The Balaban J connectivity index is 2.00. The third kappa shape index (κ3) is 3.35. The second-order valence-electron chi connectivity index (χ2n) is 4.72. The number of hydrogen-bond acceptors (Lipinski definition) is 8. The zero-order chi connectivity index (χ0) is 17.6. The number of nitrogens with one attached hydrogen (secondary N) is 2. The predicted octanol–water partition coefficient (Wildman–Crippen LogP) is 1.15. The summed E-state index contributed by atoms with van der Waals surface area (Å²) >= 11 is 0. The Morgan fingerprint density at radius 2 is 2.36 bits per heavy atom. The van der Waals surface area contributed by atoms with Crippen LogP contribution >= 0.6 is 0 Å². The molecule has 25 heavy (non-hydrogen) atoms. The summed E-state index contributed by atoms with van der Waals surface area (Å²) in [5.74, 6) is -0.322. The minimum Gasteiger partial charge on any atom is -0.465 e. The number of carbonyl (C=O) groups excluding carboxylic acids is 1. The molecule has 124 valence electrons. The van der Waals surface area contributed by atoms with Gasteiger partial charge >= 0.3 is 5.97 Å². The van der Waals surface area contributed by atoms with Gasteiger partial charge in [0.05, 0.1) is 24.0 Å². The fraction of sp³-hybridized carbons (Fsp3) is 0.0667. The first-order valence-corrected chi connectivity index (χ1v) is 7.06. The summed E-state index contributed by atoms with van der Waals surface area (Å²) in [6.07, 6.45) is 4.81. The van der Waals surface area contributed by atoms with Crippen LogP contribution in [0, 0.1) is 11.3 Å². The Morgan fingerprint density at radius 3 is 3.00 bits per heavy atom. The van der Waals surface area contributed by atoms with E-state index in [9.17, 15) is 10.1 Å². The highest BCUT2D eigenvalue weighted by Crippen LogP contribution is 2.23. The van der Waals surface area contributed by atoms with E-state index < -0.39 is 5.97 Å². The van der Waals surface area contributed by atoms with Gasteiger partial charge in [0.1, 0.15) is 11.6 Å². The molecule has 0 aliphatic heterocycles. The number of allylic oxidation sites excluding steroid dienone is 1. The molecule has 2 N–H and O–H groups in total. The predicted molar refractivity (Wildman–Crippen MR) is 86.3 cm³/mol. The van der Waals surface area contributed by atoms with Crippen LogP contribution in [0.2, 0.25) is 0 Å². The topological polar surface area (TPSA) is 134 Å². The maximum absolute atomic E-state index is 11.8. The maximum Gasteiger partial charge on any atom is 0.337 e. The first-order chi connectivity index (χ1) is 12.2. The van der Waals surface area contributed by atoms with Crippen molar-refractivity contribution in [2.45, 2.75) is 0 Å². The molecular weight excluding hydrogens is 324 g/mol. The molecule has 0 bridgehead atoms. The molecule has 10 heteroatoms. The molecule has 1 aromatic carbocycles. The van der Waals surface area contributed by atoms with E-state index >= 15 is 0 Å². The van der Waals surface area contributed by atoms with Crippen LogP contribution < -0.4 is 5.32 Å². The van der Waals surface area contributed by atoms with Crippen molar-refractivity contribution in [3.63, 3.8) is 0 Å². The van der Waals surface area contributed by atoms with Gasteiger partial charge in [0.25, 0.3) is 0 Å². The van der Waals surface area contributed by atoms with Crippen molar-refractivity contribution >= 4 is 17.2 Å². The number of esters is 1. The lowest BCUT2D eigenvalue weighted by Crippen LogP contribution is -2.06. The van der Waals surface area contributed by atoms with Crippen LogP contribution in [0.1, 0.15) is 16.2 Å². The molecule has 0 saturated carbocycles. The van der Waals surface area contributed by atoms with Gasteiger partial charge in [-0.15, -0.1) is 10.2 Å². The molecule has 0 atom stereocenters. The summed E-state index contributed by atoms with van der Waals surface area (Å²) in [5.41, 5.74) is 1.75. The number of methoxy groups -OCH3 is 1. The van der Waals surface area contributed by atoms with Gasteiger partial charge in [-0.3, -0.25) is 0 Å². The van der Waals surface area contributed by atoms with E-state index in [1.165, 1.54) is 13.3 Å². The Morgan fingerprint density at radius 1 is 1.48 bits per heavy atom. The van der Waals surface area contributed by atoms with E-state index in [1.807, 2.05) is 6.07 Å². The summed E-state index contributed by atoms with van der Waals surface area (Å²) in [4.78, 5) is 11.8. The molecular formula is C15H12N8O2. The number of aromatic amines is 1. The van der Waals surface area contributed by atoms with Crippen LogP contribution in [0.15, 0.2) is 42.9 Å². The normalized spacial score (nSPS) is 11.0. The molecule has 0 fully saturated rings. The lowest BCUT2D eigenvalue weighted by atomic mass is 10.1. The Kier molecular flexibility index (Phi) is 4.48. The average molecular weight is 336 g/mol. The number of nitriles is 1. The Bertz CT molecular complexity index is 939. The molecule has 0 saturated heterocycles.